The van der Waals surface area contributed by atoms with E-state index in [1.54, 1.807) is 6.92 Å². The first-order valence-corrected chi connectivity index (χ1v) is 4.35. The first kappa shape index (κ1) is 9.57. The van der Waals surface area contributed by atoms with Crippen molar-refractivity contribution in [1.82, 2.24) is 19.8 Å². The second-order valence-corrected chi connectivity index (χ2v) is 3.23. The zero-order valence-electron chi connectivity index (χ0n) is 8.31. The third kappa shape index (κ3) is 1.54. The number of benzene rings is 1. The van der Waals surface area contributed by atoms with Crippen molar-refractivity contribution < 1.29 is 4.39 Å². The van der Waals surface area contributed by atoms with Crippen LogP contribution in [0.2, 0.25) is 0 Å². The average Bonchev–Trinajstić information content (AvgIpc) is 2.49. The van der Waals surface area contributed by atoms with E-state index in [1.165, 1.54) is 25.2 Å². The molecule has 1 aromatic heterocycles. The molecule has 1 aromatic carbocycles. The molecule has 2 aromatic rings. The molecule has 0 N–H and O–H groups in total. The molecule has 0 spiro atoms. The van der Waals surface area contributed by atoms with Crippen molar-refractivity contribution in [3.05, 3.63) is 40.1 Å². The fourth-order valence-corrected chi connectivity index (χ4v) is 1.32. The van der Waals surface area contributed by atoms with Gasteiger partial charge in [-0.2, -0.15) is 9.36 Å². The zero-order chi connectivity index (χ0) is 11.0. The lowest BCUT2D eigenvalue weighted by Gasteiger charge is -2.02. The van der Waals surface area contributed by atoms with Gasteiger partial charge in [0.15, 0.2) is 0 Å². The maximum Gasteiger partial charge on any atom is 0.368 e. The number of nitrogens with zero attached hydrogens (tertiary/aromatic N) is 4. The van der Waals surface area contributed by atoms with Gasteiger partial charge in [-0.3, -0.25) is 0 Å². The van der Waals surface area contributed by atoms with Crippen molar-refractivity contribution in [3.8, 4) is 5.69 Å². The van der Waals surface area contributed by atoms with Gasteiger partial charge >= 0.3 is 5.69 Å². The highest BCUT2D eigenvalue weighted by molar-refractivity contribution is 5.38. The van der Waals surface area contributed by atoms with Crippen molar-refractivity contribution >= 4 is 0 Å². The van der Waals surface area contributed by atoms with Gasteiger partial charge in [0.25, 0.3) is 0 Å². The number of hydrogen-bond donors (Lipinski definition) is 0. The zero-order valence-corrected chi connectivity index (χ0v) is 8.31. The Balaban J connectivity index is 2.64. The first-order chi connectivity index (χ1) is 7.09. The van der Waals surface area contributed by atoms with Crippen LogP contribution in [-0.4, -0.2) is 19.8 Å². The van der Waals surface area contributed by atoms with Gasteiger partial charge in [0.1, 0.15) is 5.82 Å². The molecule has 0 saturated heterocycles. The van der Waals surface area contributed by atoms with Crippen LogP contribution in [0.4, 0.5) is 4.39 Å². The van der Waals surface area contributed by atoms with Crippen LogP contribution in [0, 0.1) is 12.7 Å². The molecule has 0 saturated carbocycles. The molecule has 2 rings (SSSR count). The Labute approximate surface area is 84.7 Å². The molecule has 0 aliphatic heterocycles. The normalized spacial score (nSPS) is 10.6. The third-order valence-corrected chi connectivity index (χ3v) is 2.11. The Morgan fingerprint density at radius 3 is 2.60 bits per heavy atom. The number of aromatic nitrogens is 4. The molecule has 15 heavy (non-hydrogen) atoms. The van der Waals surface area contributed by atoms with Crippen LogP contribution in [0.5, 0.6) is 0 Å². The molecule has 1 heterocycles. The number of halogens is 1. The van der Waals surface area contributed by atoms with Gasteiger partial charge in [0.2, 0.25) is 0 Å². The fraction of sp³-hybridized carbons (Fsp3) is 0.222. The molecular formula is C9H9FN4O. The van der Waals surface area contributed by atoms with Crippen molar-refractivity contribution in [3.63, 3.8) is 0 Å². The number of aryl methyl sites for hydroxylation is 2. The first-order valence-electron chi connectivity index (χ1n) is 4.35. The van der Waals surface area contributed by atoms with Crippen LogP contribution in [0.1, 0.15) is 5.56 Å². The third-order valence-electron chi connectivity index (χ3n) is 2.11. The predicted octanol–water partition coefficient (Wildman–Crippen LogP) is 0.414. The summed E-state index contributed by atoms with van der Waals surface area (Å²) in [5.41, 5.74) is 0.816. The Morgan fingerprint density at radius 2 is 2.07 bits per heavy atom. The Kier molecular flexibility index (Phi) is 2.11. The van der Waals surface area contributed by atoms with E-state index in [2.05, 4.69) is 10.4 Å². The lowest BCUT2D eigenvalue weighted by atomic mass is 10.2. The van der Waals surface area contributed by atoms with E-state index in [9.17, 15) is 9.18 Å². The van der Waals surface area contributed by atoms with E-state index in [4.69, 9.17) is 0 Å². The monoisotopic (exact) mass is 208 g/mol. The summed E-state index contributed by atoms with van der Waals surface area (Å²) >= 11 is 0. The Morgan fingerprint density at radius 1 is 1.33 bits per heavy atom. The van der Waals surface area contributed by atoms with Crippen LogP contribution >= 0.6 is 0 Å². The van der Waals surface area contributed by atoms with Crippen molar-refractivity contribution in [2.75, 3.05) is 0 Å². The van der Waals surface area contributed by atoms with Gasteiger partial charge in [-0.1, -0.05) is 0 Å². The highest BCUT2D eigenvalue weighted by Crippen LogP contribution is 2.11. The summed E-state index contributed by atoms with van der Waals surface area (Å²) in [4.78, 5) is 11.5. The van der Waals surface area contributed by atoms with Crippen molar-refractivity contribution in [2.45, 2.75) is 6.92 Å². The minimum absolute atomic E-state index is 0.340. The molecule has 0 atom stereocenters. The lowest BCUT2D eigenvalue weighted by molar-refractivity contribution is 0.625. The van der Waals surface area contributed by atoms with E-state index < -0.39 is 0 Å². The molecule has 78 valence electrons. The molecule has 0 bridgehead atoms. The van der Waals surface area contributed by atoms with Gasteiger partial charge in [0.05, 0.1) is 5.69 Å². The average molecular weight is 208 g/mol. The molecule has 5 nitrogen and oxygen atoms in total. The second kappa shape index (κ2) is 3.30. The molecular weight excluding hydrogens is 199 g/mol. The van der Waals surface area contributed by atoms with Gasteiger partial charge in [0, 0.05) is 7.05 Å². The smallest absolute Gasteiger partial charge is 0.244 e. The van der Waals surface area contributed by atoms with Crippen LogP contribution < -0.4 is 5.69 Å². The lowest BCUT2D eigenvalue weighted by Crippen LogP contribution is -2.22. The van der Waals surface area contributed by atoms with Crippen LogP contribution in [0.3, 0.4) is 0 Å². The van der Waals surface area contributed by atoms with Gasteiger partial charge in [-0.25, -0.2) is 9.18 Å². The number of hydrogen-bond acceptors (Lipinski definition) is 3. The van der Waals surface area contributed by atoms with E-state index in [0.717, 1.165) is 9.36 Å². The van der Waals surface area contributed by atoms with Crippen molar-refractivity contribution in [2.24, 2.45) is 7.05 Å². The molecule has 0 unspecified atom stereocenters. The maximum absolute atomic E-state index is 12.8. The summed E-state index contributed by atoms with van der Waals surface area (Å²) in [5, 5.41) is 7.25. The fourth-order valence-electron chi connectivity index (χ4n) is 1.32. The van der Waals surface area contributed by atoms with Crippen LogP contribution in [-0.2, 0) is 7.05 Å². The van der Waals surface area contributed by atoms with Gasteiger partial charge in [-0.15, -0.1) is 0 Å². The highest BCUT2D eigenvalue weighted by Gasteiger charge is 2.08. The summed E-state index contributed by atoms with van der Waals surface area (Å²) in [5.74, 6) is -0.340. The quantitative estimate of drug-likeness (QED) is 0.682. The van der Waals surface area contributed by atoms with E-state index >= 15 is 0 Å². The summed E-state index contributed by atoms with van der Waals surface area (Å²) in [7, 11) is 1.50. The largest absolute Gasteiger partial charge is 0.368 e. The van der Waals surface area contributed by atoms with Crippen LogP contribution in [0.15, 0.2) is 23.0 Å². The molecule has 0 fully saturated rings. The molecule has 0 radical (unpaired) electrons. The summed E-state index contributed by atoms with van der Waals surface area (Å²) in [6, 6.07) is 4.13. The number of tetrazole rings is 1. The Bertz CT molecular complexity index is 557. The summed E-state index contributed by atoms with van der Waals surface area (Å²) in [6.45, 7) is 1.71. The molecule has 6 heteroatoms. The standard InChI is InChI=1S/C9H9FN4O/c1-6-5-7(10)3-4-8(6)14-9(15)13(2)11-12-14/h3-5H,1-2H3. The SMILES string of the molecule is Cc1cc(F)ccc1-n1nnn(C)c1=O. The van der Waals surface area contributed by atoms with Gasteiger partial charge < -0.3 is 0 Å². The van der Waals surface area contributed by atoms with E-state index in [-0.39, 0.29) is 11.5 Å². The molecule has 0 aliphatic rings. The highest BCUT2D eigenvalue weighted by atomic mass is 19.1. The van der Waals surface area contributed by atoms with Gasteiger partial charge in [-0.05, 0) is 41.1 Å². The van der Waals surface area contributed by atoms with E-state index in [1.807, 2.05) is 0 Å². The topological polar surface area (TPSA) is 52.7 Å². The summed E-state index contributed by atoms with van der Waals surface area (Å²) in [6.07, 6.45) is 0. The van der Waals surface area contributed by atoms with Crippen molar-refractivity contribution in [1.29, 1.82) is 0 Å². The van der Waals surface area contributed by atoms with E-state index in [0.29, 0.717) is 11.3 Å². The predicted molar refractivity (Wildman–Crippen MR) is 51.3 cm³/mol. The maximum atomic E-state index is 12.8. The minimum Gasteiger partial charge on any atom is -0.244 e. The molecule has 0 amide bonds. The number of rotatable bonds is 1. The summed E-state index contributed by atoms with van der Waals surface area (Å²) < 4.78 is 15.1. The van der Waals surface area contributed by atoms with Crippen LogP contribution in [0.25, 0.3) is 5.69 Å². The minimum atomic E-state index is -0.357. The Hall–Kier alpha value is -1.98. The molecule has 0 aliphatic carbocycles. The second-order valence-electron chi connectivity index (χ2n) is 3.23.